The summed E-state index contributed by atoms with van der Waals surface area (Å²) in [6, 6.07) is 4.28. The smallest absolute Gasteiger partial charge is 0.316 e. The minimum atomic E-state index is -2.03. The Labute approximate surface area is 226 Å². The number of aliphatic hydroxyl groups is 1. The van der Waals surface area contributed by atoms with Crippen molar-refractivity contribution >= 4 is 33.7 Å². The van der Waals surface area contributed by atoms with Crippen molar-refractivity contribution in [3.63, 3.8) is 0 Å². The number of carbonyl (C=O) groups is 2. The van der Waals surface area contributed by atoms with E-state index in [1.165, 1.54) is 39.2 Å². The van der Waals surface area contributed by atoms with Gasteiger partial charge in [0.2, 0.25) is 5.43 Å². The second-order valence-corrected chi connectivity index (χ2v) is 10.1. The summed E-state index contributed by atoms with van der Waals surface area (Å²) in [6.07, 6.45) is 0.137. The molecule has 0 radical (unpaired) electrons. The predicted molar refractivity (Wildman–Crippen MR) is 143 cm³/mol. The van der Waals surface area contributed by atoms with Crippen LogP contribution < -0.4 is 10.2 Å². The van der Waals surface area contributed by atoms with E-state index in [1.807, 2.05) is 0 Å². The molecule has 1 atom stereocenters. The van der Waals surface area contributed by atoms with Gasteiger partial charge in [-0.25, -0.2) is 0 Å². The lowest BCUT2D eigenvalue weighted by Crippen LogP contribution is -2.38. The Morgan fingerprint density at radius 2 is 1.70 bits per heavy atom. The minimum Gasteiger partial charge on any atom is -0.507 e. The summed E-state index contributed by atoms with van der Waals surface area (Å²) in [5, 5.41) is 64.2. The van der Waals surface area contributed by atoms with Crippen molar-refractivity contribution in [2.75, 3.05) is 13.7 Å². The molecule has 208 valence electrons. The normalized spacial score (nSPS) is 14.0. The second-order valence-electron chi connectivity index (χ2n) is 10.1. The fourth-order valence-electron chi connectivity index (χ4n) is 5.63. The predicted octanol–water partition coefficient (Wildman–Crippen LogP) is 3.01. The molecule has 5 rings (SSSR count). The van der Waals surface area contributed by atoms with E-state index in [0.29, 0.717) is 5.56 Å². The highest BCUT2D eigenvalue weighted by atomic mass is 16.5. The molecule has 6 N–H and O–H groups in total. The molecule has 11 heteroatoms. The number of fused-ring (bicyclic) bond motifs is 5. The van der Waals surface area contributed by atoms with Crippen LogP contribution >= 0.6 is 0 Å². The second kappa shape index (κ2) is 9.16. The maximum Gasteiger partial charge on any atom is 0.316 e. The van der Waals surface area contributed by atoms with E-state index in [4.69, 9.17) is 9.15 Å². The molecule has 0 unspecified atom stereocenters. The molecule has 0 aliphatic heterocycles. The number of aromatic hydroxyl groups is 4. The van der Waals surface area contributed by atoms with E-state index < -0.39 is 51.8 Å². The molecule has 1 aliphatic carbocycles. The third-order valence-electron chi connectivity index (χ3n) is 7.63. The first-order chi connectivity index (χ1) is 18.9. The maximum atomic E-state index is 13.6. The van der Waals surface area contributed by atoms with Crippen molar-refractivity contribution in [2.45, 2.75) is 38.5 Å². The standard InChI is InChI=1S/C29H26O11/c1-11(31)8-13-9-12-4-5-14-18(17(12)26(36)21(13)29(2,10-30)28(37)38)24(34)20-25(35)19-15(40-27(20)22(14)32)6-7-16(39-3)23(19)33/h6-7,9,30,32-34,36H,4-5,8,10H2,1-3H3,(H,37,38)/t29-/m1/s1. The van der Waals surface area contributed by atoms with Crippen molar-refractivity contribution in [3.05, 3.63) is 50.7 Å². The van der Waals surface area contributed by atoms with Gasteiger partial charge in [-0.1, -0.05) is 6.07 Å². The molecule has 1 heterocycles. The van der Waals surface area contributed by atoms with Crippen LogP contribution in [0.1, 0.15) is 36.1 Å². The van der Waals surface area contributed by atoms with Gasteiger partial charge in [0.25, 0.3) is 0 Å². The van der Waals surface area contributed by atoms with E-state index in [0.717, 1.165) is 0 Å². The van der Waals surface area contributed by atoms with Crippen LogP contribution in [0.3, 0.4) is 0 Å². The van der Waals surface area contributed by atoms with E-state index in [2.05, 4.69) is 0 Å². The SMILES string of the molecule is COc1ccc2oc3c(O)c4c(c(O)c3c(=O)c2c1O)-c1c(cc(CC(C)=O)c([C@@](C)(CO)C(=O)O)c1O)CC4. The molecule has 0 amide bonds. The lowest BCUT2D eigenvalue weighted by Gasteiger charge is -2.31. The average molecular weight is 551 g/mol. The number of ether oxygens (including phenoxy) is 1. The Morgan fingerprint density at radius 1 is 1.00 bits per heavy atom. The van der Waals surface area contributed by atoms with Crippen LogP contribution in [0.5, 0.6) is 28.7 Å². The third kappa shape index (κ3) is 3.58. The van der Waals surface area contributed by atoms with Crippen molar-refractivity contribution < 1.29 is 49.4 Å². The highest BCUT2D eigenvalue weighted by molar-refractivity contribution is 6.05. The van der Waals surface area contributed by atoms with Crippen LogP contribution in [0.25, 0.3) is 33.1 Å². The van der Waals surface area contributed by atoms with Crippen molar-refractivity contribution in [3.8, 4) is 39.9 Å². The molecule has 11 nitrogen and oxygen atoms in total. The highest BCUT2D eigenvalue weighted by Gasteiger charge is 2.42. The molecule has 0 saturated carbocycles. The van der Waals surface area contributed by atoms with E-state index in [1.54, 1.807) is 0 Å². The van der Waals surface area contributed by atoms with E-state index >= 15 is 0 Å². The fourth-order valence-corrected chi connectivity index (χ4v) is 5.63. The molecule has 0 saturated heterocycles. The van der Waals surface area contributed by atoms with Gasteiger partial charge in [0.15, 0.2) is 22.8 Å². The molecule has 0 bridgehead atoms. The lowest BCUT2D eigenvalue weighted by atomic mass is 9.73. The number of ketones is 1. The van der Waals surface area contributed by atoms with Gasteiger partial charge >= 0.3 is 5.97 Å². The monoisotopic (exact) mass is 550 g/mol. The molecular weight excluding hydrogens is 524 g/mol. The van der Waals surface area contributed by atoms with E-state index in [9.17, 15) is 45.0 Å². The van der Waals surface area contributed by atoms with Gasteiger partial charge in [-0.2, -0.15) is 0 Å². The maximum absolute atomic E-state index is 13.6. The number of benzene rings is 3. The quantitative estimate of drug-likeness (QED) is 0.153. The first kappa shape index (κ1) is 26.8. The third-order valence-corrected chi connectivity index (χ3v) is 7.63. The average Bonchev–Trinajstić information content (AvgIpc) is 2.90. The molecule has 1 aliphatic rings. The number of carbonyl (C=O) groups excluding carboxylic acids is 1. The van der Waals surface area contributed by atoms with Crippen LogP contribution in [-0.4, -0.2) is 56.1 Å². The molecule has 0 spiro atoms. The molecule has 4 aromatic rings. The summed E-state index contributed by atoms with van der Waals surface area (Å²) in [5.41, 5.74) is -2.95. The van der Waals surface area contributed by atoms with Gasteiger partial charge in [-0.05, 0) is 49.9 Å². The lowest BCUT2D eigenvalue weighted by molar-refractivity contribution is -0.144. The van der Waals surface area contributed by atoms with Crippen LogP contribution in [0.15, 0.2) is 27.4 Å². The zero-order valence-electron chi connectivity index (χ0n) is 21.8. The number of hydrogen-bond acceptors (Lipinski definition) is 10. The van der Waals surface area contributed by atoms with Crippen LogP contribution in [0.2, 0.25) is 0 Å². The molecule has 1 aromatic heterocycles. The number of aliphatic hydroxyl groups excluding tert-OH is 1. The van der Waals surface area contributed by atoms with Gasteiger partial charge in [0.05, 0.1) is 13.7 Å². The molecular formula is C29H26O11. The van der Waals surface area contributed by atoms with Crippen LogP contribution in [0.4, 0.5) is 0 Å². The zero-order chi connectivity index (χ0) is 29.3. The number of rotatable bonds is 6. The fraction of sp³-hybridized carbons (Fsp3) is 0.276. The summed E-state index contributed by atoms with van der Waals surface area (Å²) in [6.45, 7) is 1.58. The van der Waals surface area contributed by atoms with E-state index in [-0.39, 0.29) is 75.2 Å². The summed E-state index contributed by atoms with van der Waals surface area (Å²) in [7, 11) is 1.29. The molecule has 40 heavy (non-hydrogen) atoms. The number of phenols is 4. The van der Waals surface area contributed by atoms with Gasteiger partial charge < -0.3 is 39.8 Å². The van der Waals surface area contributed by atoms with Crippen LogP contribution in [0, 0.1) is 0 Å². The molecule has 0 fully saturated rings. The number of carboxylic acids is 1. The zero-order valence-corrected chi connectivity index (χ0v) is 21.8. The summed E-state index contributed by atoms with van der Waals surface area (Å²) in [5.74, 6) is -4.09. The van der Waals surface area contributed by atoms with Gasteiger partial charge in [0.1, 0.15) is 39.1 Å². The number of methoxy groups -OCH3 is 1. The molecule has 3 aromatic carbocycles. The number of carboxylic acid groups (broad SMARTS) is 1. The van der Waals surface area contributed by atoms with Crippen molar-refractivity contribution in [1.29, 1.82) is 0 Å². The topological polar surface area (TPSA) is 195 Å². The Morgan fingerprint density at radius 3 is 2.30 bits per heavy atom. The number of hydrogen-bond donors (Lipinski definition) is 6. The minimum absolute atomic E-state index is 0.0246. The van der Waals surface area contributed by atoms with Crippen molar-refractivity contribution in [1.82, 2.24) is 0 Å². The Balaban J connectivity index is 1.95. The number of aliphatic carboxylic acids is 1. The first-order valence-electron chi connectivity index (χ1n) is 12.3. The number of phenolic OH excluding ortho intramolecular Hbond substituents is 4. The van der Waals surface area contributed by atoms with Crippen LogP contribution in [-0.2, 0) is 34.3 Å². The van der Waals surface area contributed by atoms with Gasteiger partial charge in [-0.15, -0.1) is 0 Å². The Hall–Kier alpha value is -4.77. The Bertz CT molecular complexity index is 1830. The summed E-state index contributed by atoms with van der Waals surface area (Å²) in [4.78, 5) is 37.9. The van der Waals surface area contributed by atoms with Gasteiger partial charge in [0, 0.05) is 28.7 Å². The summed E-state index contributed by atoms with van der Waals surface area (Å²) < 4.78 is 10.8. The largest absolute Gasteiger partial charge is 0.507 e. The summed E-state index contributed by atoms with van der Waals surface area (Å²) >= 11 is 0. The Kier molecular flexibility index (Phi) is 6.14. The number of aryl methyl sites for hydroxylation is 1. The first-order valence-corrected chi connectivity index (χ1v) is 12.3. The van der Waals surface area contributed by atoms with Gasteiger partial charge in [-0.3, -0.25) is 14.4 Å². The number of Topliss-reactive ketones (excluding diaryl/α,β-unsaturated/α-hetero) is 1. The highest BCUT2D eigenvalue weighted by Crippen LogP contribution is 2.54. The van der Waals surface area contributed by atoms with Crippen molar-refractivity contribution in [2.24, 2.45) is 0 Å².